The molecule has 0 amide bonds. The zero-order chi connectivity index (χ0) is 18.4. The van der Waals surface area contributed by atoms with Crippen LogP contribution in [-0.2, 0) is 0 Å². The summed E-state index contributed by atoms with van der Waals surface area (Å²) in [5, 5.41) is 6.54. The van der Waals surface area contributed by atoms with E-state index in [0.717, 1.165) is 58.7 Å². The maximum atomic E-state index is 5.97. The maximum absolute atomic E-state index is 5.97. The number of nitrogens with one attached hydrogen (secondary N) is 2. The summed E-state index contributed by atoms with van der Waals surface area (Å²) in [7, 11) is 0. The highest BCUT2D eigenvalue weighted by atomic mass is 35.5. The van der Waals surface area contributed by atoms with Gasteiger partial charge in [0, 0.05) is 29.7 Å². The van der Waals surface area contributed by atoms with Crippen molar-refractivity contribution >= 4 is 33.0 Å². The van der Waals surface area contributed by atoms with E-state index in [9.17, 15) is 0 Å². The number of fused-ring (bicyclic) bond motifs is 1. The Morgan fingerprint density at radius 3 is 2.59 bits per heavy atom. The molecule has 0 radical (unpaired) electrons. The molecule has 4 heterocycles. The van der Waals surface area contributed by atoms with E-state index in [4.69, 9.17) is 27.4 Å². The molecule has 5 rings (SSSR count). The lowest BCUT2D eigenvalue weighted by molar-refractivity contribution is 0.310. The molecule has 0 saturated carbocycles. The average molecular weight is 404 g/mol. The molecule has 0 aliphatic carbocycles. The highest BCUT2D eigenvalue weighted by Gasteiger charge is 2.32. The number of imidazole rings is 1. The summed E-state index contributed by atoms with van der Waals surface area (Å²) in [6, 6.07) is 8.22. The van der Waals surface area contributed by atoms with Crippen LogP contribution < -0.4 is 21.5 Å². The van der Waals surface area contributed by atoms with Crippen molar-refractivity contribution in [1.29, 1.82) is 0 Å². The average Bonchev–Trinajstić information content (AvgIpc) is 3.37. The van der Waals surface area contributed by atoms with E-state index in [-0.39, 0.29) is 6.17 Å². The molecule has 3 aromatic rings. The summed E-state index contributed by atoms with van der Waals surface area (Å²) >= 11 is 7.62. The van der Waals surface area contributed by atoms with Gasteiger partial charge in [0.1, 0.15) is 0 Å². The molecule has 2 saturated heterocycles. The van der Waals surface area contributed by atoms with Gasteiger partial charge < -0.3 is 10.6 Å². The van der Waals surface area contributed by atoms with E-state index in [1.54, 1.807) is 11.3 Å². The van der Waals surface area contributed by atoms with E-state index < -0.39 is 0 Å². The van der Waals surface area contributed by atoms with Crippen LogP contribution in [0.4, 0.5) is 5.13 Å². The Morgan fingerprint density at radius 2 is 1.93 bits per heavy atom. The Labute approximate surface area is 166 Å². The molecule has 7 nitrogen and oxygen atoms in total. The van der Waals surface area contributed by atoms with Gasteiger partial charge in [-0.1, -0.05) is 35.1 Å². The fraction of sp³-hybridized carbons (Fsp3) is 0.444. The lowest BCUT2D eigenvalue weighted by Crippen LogP contribution is -2.43. The fourth-order valence-corrected chi connectivity index (χ4v) is 5.05. The van der Waals surface area contributed by atoms with Crippen LogP contribution in [0.3, 0.4) is 0 Å². The Kier molecular flexibility index (Phi) is 4.53. The number of hydrogen-bond acceptors (Lipinski definition) is 7. The number of hydrogen-bond donors (Lipinski definition) is 3. The molecular weight excluding hydrogens is 382 g/mol. The van der Waals surface area contributed by atoms with Crippen molar-refractivity contribution < 1.29 is 0 Å². The molecule has 0 bridgehead atoms. The lowest BCUT2D eigenvalue weighted by atomic mass is 9.88. The second-order valence-electron chi connectivity index (χ2n) is 7.31. The Hall–Kier alpha value is -1.71. The molecule has 9 heteroatoms. The first-order chi connectivity index (χ1) is 13.2. The first kappa shape index (κ1) is 17.4. The number of anilines is 1. The lowest BCUT2D eigenvalue weighted by Gasteiger charge is -2.34. The Bertz CT molecular complexity index is 897. The molecule has 2 fully saturated rings. The molecule has 1 aromatic carbocycles. The first-order valence-electron chi connectivity index (χ1n) is 9.29. The van der Waals surface area contributed by atoms with Gasteiger partial charge in [-0.2, -0.15) is 0 Å². The first-order valence-corrected chi connectivity index (χ1v) is 10.5. The number of nitrogens with two attached hydrogens (primary N) is 1. The molecule has 2 unspecified atom stereocenters. The molecule has 142 valence electrons. The summed E-state index contributed by atoms with van der Waals surface area (Å²) in [5.74, 6) is 0.669. The largest absolute Gasteiger partial charge is 0.347 e. The molecule has 0 spiro atoms. The summed E-state index contributed by atoms with van der Waals surface area (Å²) < 4.78 is 1.89. The third kappa shape index (κ3) is 3.43. The number of halogens is 1. The van der Waals surface area contributed by atoms with Crippen LogP contribution >= 0.6 is 22.9 Å². The Balaban J connectivity index is 1.27. The quantitative estimate of drug-likeness (QED) is 0.623. The second-order valence-corrected chi connectivity index (χ2v) is 8.68. The smallest absolute Gasteiger partial charge is 0.214 e. The molecule has 2 aliphatic rings. The van der Waals surface area contributed by atoms with Crippen LogP contribution in [0.5, 0.6) is 0 Å². The topological polar surface area (TPSA) is 83.5 Å². The molecule has 27 heavy (non-hydrogen) atoms. The predicted octanol–water partition coefficient (Wildman–Crippen LogP) is 2.48. The maximum Gasteiger partial charge on any atom is 0.214 e. The van der Waals surface area contributed by atoms with E-state index >= 15 is 0 Å². The van der Waals surface area contributed by atoms with Gasteiger partial charge in [-0.25, -0.2) is 14.9 Å². The minimum Gasteiger partial charge on any atom is -0.347 e. The van der Waals surface area contributed by atoms with Crippen molar-refractivity contribution in [2.45, 2.75) is 31.5 Å². The zero-order valence-electron chi connectivity index (χ0n) is 14.8. The van der Waals surface area contributed by atoms with E-state index in [1.165, 1.54) is 0 Å². The van der Waals surface area contributed by atoms with Crippen LogP contribution in [0.2, 0.25) is 5.02 Å². The summed E-state index contributed by atoms with van der Waals surface area (Å²) in [4.78, 5) is 8.03. The van der Waals surface area contributed by atoms with Gasteiger partial charge >= 0.3 is 0 Å². The number of benzene rings is 1. The highest BCUT2D eigenvalue weighted by Crippen LogP contribution is 2.31. The normalized spacial score (nSPS) is 24.1. The molecule has 2 aromatic heterocycles. The van der Waals surface area contributed by atoms with E-state index in [1.807, 2.05) is 35.0 Å². The molecule has 2 atom stereocenters. The van der Waals surface area contributed by atoms with E-state index in [2.05, 4.69) is 15.8 Å². The van der Waals surface area contributed by atoms with Crippen LogP contribution in [0.1, 0.15) is 19.3 Å². The zero-order valence-corrected chi connectivity index (χ0v) is 16.4. The third-order valence-corrected chi connectivity index (χ3v) is 6.75. The SMILES string of the molecule is NC1CC(C2CCN(c3nn4cc(-c5ccc(Cl)cc5)nc4s3)CC2)NN1. The minimum absolute atomic E-state index is 0.0783. The molecular formula is C18H22ClN7S. The van der Waals surface area contributed by atoms with Gasteiger partial charge in [0.25, 0.3) is 0 Å². The van der Waals surface area contributed by atoms with Crippen molar-refractivity contribution in [1.82, 2.24) is 25.4 Å². The minimum atomic E-state index is 0.0783. The number of nitrogens with zero attached hydrogens (tertiary/aromatic N) is 4. The van der Waals surface area contributed by atoms with Crippen LogP contribution in [0.25, 0.3) is 16.2 Å². The second kappa shape index (κ2) is 7.03. The van der Waals surface area contributed by atoms with Gasteiger partial charge in [-0.3, -0.25) is 5.43 Å². The fourth-order valence-electron chi connectivity index (χ4n) is 3.99. The molecule has 2 aliphatic heterocycles. The number of hydrazine groups is 1. The van der Waals surface area contributed by atoms with Crippen LogP contribution in [-0.4, -0.2) is 39.9 Å². The van der Waals surface area contributed by atoms with Gasteiger partial charge in [0.15, 0.2) is 0 Å². The third-order valence-electron chi connectivity index (χ3n) is 5.51. The summed E-state index contributed by atoms with van der Waals surface area (Å²) in [6.45, 7) is 2.05. The number of aromatic nitrogens is 3. The monoisotopic (exact) mass is 403 g/mol. The number of piperidine rings is 1. The summed E-state index contributed by atoms with van der Waals surface area (Å²) in [6.07, 6.45) is 5.38. The Morgan fingerprint density at radius 1 is 1.15 bits per heavy atom. The van der Waals surface area contributed by atoms with Crippen LogP contribution in [0.15, 0.2) is 30.5 Å². The van der Waals surface area contributed by atoms with Crippen molar-refractivity contribution in [2.24, 2.45) is 11.7 Å². The van der Waals surface area contributed by atoms with Gasteiger partial charge in [0.2, 0.25) is 10.1 Å². The predicted molar refractivity (Wildman–Crippen MR) is 109 cm³/mol. The van der Waals surface area contributed by atoms with Gasteiger partial charge in [0.05, 0.1) is 18.1 Å². The van der Waals surface area contributed by atoms with Gasteiger partial charge in [-0.05, 0) is 37.3 Å². The van der Waals surface area contributed by atoms with Crippen molar-refractivity contribution in [3.8, 4) is 11.3 Å². The van der Waals surface area contributed by atoms with Gasteiger partial charge in [-0.15, -0.1) is 5.10 Å². The van der Waals surface area contributed by atoms with Crippen molar-refractivity contribution in [3.05, 3.63) is 35.5 Å². The van der Waals surface area contributed by atoms with Crippen LogP contribution in [0, 0.1) is 5.92 Å². The molecule has 4 N–H and O–H groups in total. The van der Waals surface area contributed by atoms with Crippen molar-refractivity contribution in [2.75, 3.05) is 18.0 Å². The highest BCUT2D eigenvalue weighted by molar-refractivity contribution is 7.20. The van der Waals surface area contributed by atoms with E-state index in [0.29, 0.717) is 12.0 Å². The standard InChI is InChI=1S/C18H22ClN7S/c19-13-3-1-11(2-4-13)15-10-26-17(21-15)27-18(24-26)25-7-5-12(6-8-25)14-9-16(20)23-22-14/h1-4,10,12,14,16,22-23H,5-9,20H2. The van der Waals surface area contributed by atoms with Crippen molar-refractivity contribution in [3.63, 3.8) is 0 Å². The summed E-state index contributed by atoms with van der Waals surface area (Å²) in [5.41, 5.74) is 14.4. The number of rotatable bonds is 3.